The highest BCUT2D eigenvalue weighted by molar-refractivity contribution is 5.86. The summed E-state index contributed by atoms with van der Waals surface area (Å²) in [5, 5.41) is 3.63. The number of nitrogens with one attached hydrogen (secondary N) is 1. The molecule has 0 radical (unpaired) electrons. The number of piperidine rings is 1. The number of fused-ring (bicyclic) bond motifs is 1. The van der Waals surface area contributed by atoms with Crippen LogP contribution in [0.25, 0.3) is 11.2 Å². The Morgan fingerprint density at radius 2 is 1.67 bits per heavy atom. The van der Waals surface area contributed by atoms with Crippen LogP contribution in [0, 0.1) is 5.92 Å². The van der Waals surface area contributed by atoms with Crippen LogP contribution >= 0.6 is 0 Å². The lowest BCUT2D eigenvalue weighted by molar-refractivity contribution is -0.191. The van der Waals surface area contributed by atoms with E-state index in [0.29, 0.717) is 18.1 Å². The molecule has 2 aromatic heterocycles. The molecule has 8 nitrogen and oxygen atoms in total. The number of hydrogen-bond donors (Lipinski definition) is 1. The molecule has 1 aliphatic heterocycles. The Hall–Kier alpha value is -4.24. The van der Waals surface area contributed by atoms with Gasteiger partial charge in [-0.25, -0.2) is 9.97 Å². The number of nitrogens with zero attached hydrogens (tertiary/aromatic N) is 5. The summed E-state index contributed by atoms with van der Waals surface area (Å²) >= 11 is 0. The summed E-state index contributed by atoms with van der Waals surface area (Å²) in [5.74, 6) is 2.13. The number of benzene rings is 2. The standard InChI is InChI=1S/C31H35F3N6.CO2/c1-21(24-10-7-11-24)37-28-27-29(36-20-35-28)38-30(40(27)19-23-13-15-25(16-14-23)31(32,33)34)39-17-6-5-12-26(39)18-22-8-3-2-4-9-22;2-1-3/h2-4,8-9,13-16,20-21,24,26H,5-7,10-12,17-19H2,1H3,(H,35,36,37);/t21-,26?;/m1./s1. The van der Waals surface area contributed by atoms with Crippen molar-refractivity contribution in [2.24, 2.45) is 5.92 Å². The van der Waals surface area contributed by atoms with Gasteiger partial charge in [0, 0.05) is 18.6 Å². The monoisotopic (exact) mass is 592 g/mol. The van der Waals surface area contributed by atoms with Crippen molar-refractivity contribution in [3.05, 3.63) is 77.6 Å². The number of alkyl halides is 3. The molecule has 4 aromatic rings. The summed E-state index contributed by atoms with van der Waals surface area (Å²) in [6.07, 6.45) is 5.25. The number of rotatable bonds is 8. The maximum absolute atomic E-state index is 13.3. The molecule has 226 valence electrons. The molecule has 43 heavy (non-hydrogen) atoms. The molecular formula is C32H35F3N6O2. The van der Waals surface area contributed by atoms with Gasteiger partial charge in [0.25, 0.3) is 0 Å². The molecule has 1 saturated carbocycles. The Labute approximate surface area is 248 Å². The van der Waals surface area contributed by atoms with Gasteiger partial charge in [0.2, 0.25) is 5.95 Å². The van der Waals surface area contributed by atoms with Crippen molar-refractivity contribution < 1.29 is 22.8 Å². The first-order chi connectivity index (χ1) is 20.8. The predicted molar refractivity (Wildman–Crippen MR) is 156 cm³/mol. The number of halogens is 3. The SMILES string of the molecule is C[C@@H](Nc1ncnc2nc(N3CCCCC3Cc3ccccc3)n(Cc3ccc(C(F)(F)F)cc3)c12)C1CCC1.O=C=O. The smallest absolute Gasteiger partial charge is 0.365 e. The molecule has 2 atom stereocenters. The molecule has 1 saturated heterocycles. The van der Waals surface area contributed by atoms with Gasteiger partial charge in [-0.2, -0.15) is 27.7 Å². The number of anilines is 2. The van der Waals surface area contributed by atoms with Gasteiger partial charge >= 0.3 is 12.3 Å². The number of imidazole rings is 1. The van der Waals surface area contributed by atoms with Crippen LogP contribution in [0.2, 0.25) is 0 Å². The van der Waals surface area contributed by atoms with Crippen LogP contribution in [0.4, 0.5) is 24.9 Å². The first-order valence-corrected chi connectivity index (χ1v) is 14.7. The van der Waals surface area contributed by atoms with Crippen LogP contribution in [0.5, 0.6) is 0 Å². The number of aromatic nitrogens is 4. The lowest BCUT2D eigenvalue weighted by atomic mass is 9.80. The fourth-order valence-electron chi connectivity index (χ4n) is 6.05. The van der Waals surface area contributed by atoms with Crippen molar-refractivity contribution >= 4 is 29.1 Å². The quantitative estimate of drug-likeness (QED) is 0.249. The average Bonchev–Trinajstić information content (AvgIpc) is 3.32. The van der Waals surface area contributed by atoms with E-state index in [1.807, 2.05) is 6.07 Å². The van der Waals surface area contributed by atoms with E-state index < -0.39 is 11.7 Å². The van der Waals surface area contributed by atoms with E-state index in [-0.39, 0.29) is 18.2 Å². The van der Waals surface area contributed by atoms with Gasteiger partial charge in [0.15, 0.2) is 11.5 Å². The second-order valence-electron chi connectivity index (χ2n) is 11.3. The first-order valence-electron chi connectivity index (χ1n) is 14.7. The Kier molecular flexibility index (Phi) is 9.40. The molecular weight excluding hydrogens is 557 g/mol. The van der Waals surface area contributed by atoms with E-state index >= 15 is 0 Å². The van der Waals surface area contributed by atoms with Crippen molar-refractivity contribution in [2.45, 2.75) is 76.7 Å². The van der Waals surface area contributed by atoms with E-state index in [4.69, 9.17) is 14.6 Å². The zero-order valence-electron chi connectivity index (χ0n) is 24.1. The Morgan fingerprint density at radius 1 is 0.953 bits per heavy atom. The minimum Gasteiger partial charge on any atom is -0.365 e. The summed E-state index contributed by atoms with van der Waals surface area (Å²) in [6, 6.07) is 16.4. The molecule has 1 unspecified atom stereocenters. The largest absolute Gasteiger partial charge is 0.416 e. The maximum Gasteiger partial charge on any atom is 0.416 e. The summed E-state index contributed by atoms with van der Waals surface area (Å²) in [4.78, 5) is 32.8. The maximum atomic E-state index is 13.3. The molecule has 0 spiro atoms. The lowest BCUT2D eigenvalue weighted by Crippen LogP contribution is -2.42. The third-order valence-corrected chi connectivity index (χ3v) is 8.56. The van der Waals surface area contributed by atoms with Crippen molar-refractivity contribution in [3.8, 4) is 0 Å². The molecule has 1 N–H and O–H groups in total. The fraction of sp³-hybridized carbons (Fsp3) is 0.438. The third kappa shape index (κ3) is 7.05. The highest BCUT2D eigenvalue weighted by Gasteiger charge is 2.32. The Morgan fingerprint density at radius 3 is 2.33 bits per heavy atom. The van der Waals surface area contributed by atoms with Crippen LogP contribution < -0.4 is 10.2 Å². The molecule has 6 rings (SSSR count). The molecule has 2 aromatic carbocycles. The Bertz CT molecular complexity index is 1530. The lowest BCUT2D eigenvalue weighted by Gasteiger charge is -2.37. The van der Waals surface area contributed by atoms with Crippen molar-refractivity contribution in [2.75, 3.05) is 16.8 Å². The third-order valence-electron chi connectivity index (χ3n) is 8.56. The summed E-state index contributed by atoms with van der Waals surface area (Å²) in [6.45, 7) is 3.43. The molecule has 3 heterocycles. The molecule has 1 aliphatic carbocycles. The van der Waals surface area contributed by atoms with Gasteiger partial charge in [-0.1, -0.05) is 48.9 Å². The number of carbonyl (C=O) groups excluding carboxylic acids is 2. The average molecular weight is 593 g/mol. The zero-order valence-corrected chi connectivity index (χ0v) is 24.1. The van der Waals surface area contributed by atoms with Crippen LogP contribution in [0.1, 0.15) is 62.1 Å². The highest BCUT2D eigenvalue weighted by atomic mass is 19.4. The first kappa shape index (κ1) is 30.2. The van der Waals surface area contributed by atoms with Gasteiger partial charge in [-0.3, -0.25) is 0 Å². The van der Waals surface area contributed by atoms with Gasteiger partial charge in [0.05, 0.1) is 12.1 Å². The van der Waals surface area contributed by atoms with Crippen molar-refractivity contribution in [1.82, 2.24) is 19.5 Å². The molecule has 11 heteroatoms. The molecule has 2 fully saturated rings. The minimum atomic E-state index is -4.37. The molecule has 0 amide bonds. The topological polar surface area (TPSA) is 93.0 Å². The summed E-state index contributed by atoms with van der Waals surface area (Å²) < 4.78 is 41.9. The molecule has 2 aliphatic rings. The second kappa shape index (κ2) is 13.4. The van der Waals surface area contributed by atoms with Gasteiger partial charge < -0.3 is 14.8 Å². The summed E-state index contributed by atoms with van der Waals surface area (Å²) in [5.41, 5.74) is 2.80. The second-order valence-corrected chi connectivity index (χ2v) is 11.3. The van der Waals surface area contributed by atoms with Crippen molar-refractivity contribution in [1.29, 1.82) is 0 Å². The van der Waals surface area contributed by atoms with Crippen LogP contribution in [-0.2, 0) is 28.7 Å². The van der Waals surface area contributed by atoms with E-state index in [2.05, 4.69) is 55.9 Å². The van der Waals surface area contributed by atoms with E-state index in [1.165, 1.54) is 24.8 Å². The van der Waals surface area contributed by atoms with Gasteiger partial charge in [-0.15, -0.1) is 0 Å². The minimum absolute atomic E-state index is 0.250. The van der Waals surface area contributed by atoms with Crippen LogP contribution in [-0.4, -0.2) is 44.3 Å². The van der Waals surface area contributed by atoms with Gasteiger partial charge in [-0.05, 0) is 74.6 Å². The van der Waals surface area contributed by atoms with Gasteiger partial charge in [0.1, 0.15) is 11.8 Å². The van der Waals surface area contributed by atoms with E-state index in [1.54, 1.807) is 18.5 Å². The molecule has 0 bridgehead atoms. The van der Waals surface area contributed by atoms with Crippen LogP contribution in [0.3, 0.4) is 0 Å². The van der Waals surface area contributed by atoms with Crippen molar-refractivity contribution in [3.63, 3.8) is 0 Å². The van der Waals surface area contributed by atoms with Crippen LogP contribution in [0.15, 0.2) is 60.9 Å². The van der Waals surface area contributed by atoms with E-state index in [0.717, 1.165) is 67.2 Å². The fourth-order valence-corrected chi connectivity index (χ4v) is 6.05. The summed E-state index contributed by atoms with van der Waals surface area (Å²) in [7, 11) is 0. The predicted octanol–water partition coefficient (Wildman–Crippen LogP) is 6.51. The normalized spacial score (nSPS) is 17.9. The number of hydrogen-bond acceptors (Lipinski definition) is 7. The zero-order chi connectivity index (χ0) is 30.4. The van der Waals surface area contributed by atoms with E-state index in [9.17, 15) is 13.2 Å². The Balaban J connectivity index is 0.00000118. The highest BCUT2D eigenvalue weighted by Crippen LogP contribution is 2.35.